The van der Waals surface area contributed by atoms with Crippen LogP contribution in [0.1, 0.15) is 18.4 Å². The van der Waals surface area contributed by atoms with Crippen LogP contribution in [0.2, 0.25) is 0 Å². The molecule has 1 amide bonds. The first kappa shape index (κ1) is 13.6. The summed E-state index contributed by atoms with van der Waals surface area (Å²) in [6.07, 6.45) is 0.979. The van der Waals surface area contributed by atoms with Crippen LogP contribution in [0, 0.1) is 0 Å². The van der Waals surface area contributed by atoms with E-state index < -0.39 is 11.7 Å². The lowest BCUT2D eigenvalue weighted by molar-refractivity contribution is -0.0212. The molecule has 0 bridgehead atoms. The summed E-state index contributed by atoms with van der Waals surface area (Å²) in [7, 11) is 0. The molecule has 1 aliphatic heterocycles. The van der Waals surface area contributed by atoms with E-state index in [9.17, 15) is 14.7 Å². The average molecular weight is 289 g/mol. The topological polar surface area (TPSA) is 107 Å². The molecule has 0 unspecified atom stereocenters. The lowest BCUT2D eigenvalue weighted by Crippen LogP contribution is -2.44. The Labute approximate surface area is 119 Å². The van der Waals surface area contributed by atoms with Gasteiger partial charge in [-0.15, -0.1) is 0 Å². The van der Waals surface area contributed by atoms with E-state index in [-0.39, 0.29) is 18.6 Å². The van der Waals surface area contributed by atoms with Gasteiger partial charge in [-0.25, -0.2) is 9.78 Å². The molecule has 1 saturated heterocycles. The number of aromatic amines is 1. The van der Waals surface area contributed by atoms with Gasteiger partial charge >= 0.3 is 6.09 Å². The highest BCUT2D eigenvalue weighted by Crippen LogP contribution is 2.33. The molecule has 3 N–H and O–H groups in total. The van der Waals surface area contributed by atoms with Gasteiger partial charge in [-0.1, -0.05) is 6.07 Å². The molecule has 0 radical (unpaired) electrons. The third-order valence-corrected chi connectivity index (χ3v) is 4.04. The molecule has 21 heavy (non-hydrogen) atoms. The molecule has 110 valence electrons. The van der Waals surface area contributed by atoms with Crippen LogP contribution in [0.25, 0.3) is 10.9 Å². The fourth-order valence-corrected chi connectivity index (χ4v) is 2.71. The first-order valence-electron chi connectivity index (χ1n) is 6.68. The van der Waals surface area contributed by atoms with E-state index in [1.165, 1.54) is 11.2 Å². The number of nitrogens with zero attached hydrogens (tertiary/aromatic N) is 2. The monoisotopic (exact) mass is 289 g/mol. The summed E-state index contributed by atoms with van der Waals surface area (Å²) in [5, 5.41) is 20.1. The number of amides is 1. The van der Waals surface area contributed by atoms with Crippen LogP contribution in [-0.4, -0.2) is 44.3 Å². The summed E-state index contributed by atoms with van der Waals surface area (Å²) in [4.78, 5) is 30.6. The Kier molecular flexibility index (Phi) is 3.13. The molecule has 2 heterocycles. The van der Waals surface area contributed by atoms with Crippen molar-refractivity contribution in [2.24, 2.45) is 0 Å². The fourth-order valence-electron chi connectivity index (χ4n) is 2.71. The number of fused-ring (bicyclic) bond motifs is 1. The maximum atomic E-state index is 11.8. The molecule has 2 aromatic rings. The largest absolute Gasteiger partial charge is 0.465 e. The summed E-state index contributed by atoms with van der Waals surface area (Å²) < 4.78 is 0. The number of nitrogens with one attached hydrogen (secondary N) is 1. The Bertz CT molecular complexity index is 747. The standard InChI is InChI=1S/C14H15N3O4/c18-12-10-7-9(1-2-11(10)15-8-16-12)14(21)3-5-17(6-4-14)13(19)20/h1-2,7-8,21H,3-6H2,(H,19,20)(H,15,16,18). The molecular formula is C14H15N3O4. The lowest BCUT2D eigenvalue weighted by Gasteiger charge is -2.37. The van der Waals surface area contributed by atoms with E-state index >= 15 is 0 Å². The SMILES string of the molecule is O=C(O)N1CCC(O)(c2ccc3nc[nH]c(=O)c3c2)CC1. The molecule has 3 rings (SSSR count). The second-order valence-corrected chi connectivity index (χ2v) is 5.26. The Morgan fingerprint density at radius 1 is 1.33 bits per heavy atom. The van der Waals surface area contributed by atoms with Gasteiger partial charge in [-0.3, -0.25) is 4.79 Å². The van der Waals surface area contributed by atoms with Crippen LogP contribution in [0.15, 0.2) is 29.3 Å². The van der Waals surface area contributed by atoms with E-state index in [1.807, 2.05) is 0 Å². The maximum Gasteiger partial charge on any atom is 0.407 e. The van der Waals surface area contributed by atoms with Gasteiger partial charge < -0.3 is 20.1 Å². The van der Waals surface area contributed by atoms with Crippen molar-refractivity contribution in [2.45, 2.75) is 18.4 Å². The number of likely N-dealkylation sites (tertiary alicyclic amines) is 1. The molecule has 1 aromatic carbocycles. The number of hydrogen-bond acceptors (Lipinski definition) is 4. The summed E-state index contributed by atoms with van der Waals surface area (Å²) in [5.41, 5.74) is -0.177. The number of rotatable bonds is 1. The Morgan fingerprint density at radius 3 is 2.71 bits per heavy atom. The van der Waals surface area contributed by atoms with Crippen LogP contribution in [-0.2, 0) is 5.60 Å². The number of aliphatic hydroxyl groups is 1. The zero-order valence-electron chi connectivity index (χ0n) is 11.2. The summed E-state index contributed by atoms with van der Waals surface area (Å²) in [6, 6.07) is 5.07. The summed E-state index contributed by atoms with van der Waals surface area (Å²) in [6.45, 7) is 0.542. The van der Waals surface area contributed by atoms with Crippen molar-refractivity contribution in [3.05, 3.63) is 40.4 Å². The van der Waals surface area contributed by atoms with Gasteiger partial charge in [0.15, 0.2) is 0 Å². The number of H-pyrrole nitrogens is 1. The van der Waals surface area contributed by atoms with Crippen LogP contribution in [0.3, 0.4) is 0 Å². The Morgan fingerprint density at radius 2 is 2.05 bits per heavy atom. The predicted molar refractivity (Wildman–Crippen MR) is 75.1 cm³/mol. The van der Waals surface area contributed by atoms with Crippen molar-refractivity contribution >= 4 is 17.0 Å². The van der Waals surface area contributed by atoms with Crippen LogP contribution >= 0.6 is 0 Å². The number of carbonyl (C=O) groups is 1. The van der Waals surface area contributed by atoms with Gasteiger partial charge in [0.1, 0.15) is 0 Å². The van der Waals surface area contributed by atoms with Crippen LogP contribution < -0.4 is 5.56 Å². The minimum absolute atomic E-state index is 0.256. The Hall–Kier alpha value is -2.41. The van der Waals surface area contributed by atoms with Crippen molar-refractivity contribution in [1.82, 2.24) is 14.9 Å². The Balaban J connectivity index is 1.95. The maximum absolute atomic E-state index is 11.8. The number of piperidine rings is 1. The van der Waals surface area contributed by atoms with Gasteiger partial charge in [0.25, 0.3) is 5.56 Å². The van der Waals surface area contributed by atoms with E-state index in [4.69, 9.17) is 5.11 Å². The second kappa shape index (κ2) is 4.85. The number of hydrogen-bond donors (Lipinski definition) is 3. The van der Waals surface area contributed by atoms with Crippen molar-refractivity contribution < 1.29 is 15.0 Å². The van der Waals surface area contributed by atoms with Crippen molar-refractivity contribution in [3.63, 3.8) is 0 Å². The molecule has 7 heteroatoms. The minimum Gasteiger partial charge on any atom is -0.465 e. The van der Waals surface area contributed by atoms with Crippen LogP contribution in [0.4, 0.5) is 4.79 Å². The molecule has 7 nitrogen and oxygen atoms in total. The van der Waals surface area contributed by atoms with Gasteiger partial charge in [0, 0.05) is 13.1 Å². The zero-order valence-corrected chi connectivity index (χ0v) is 11.2. The van der Waals surface area contributed by atoms with E-state index in [1.54, 1.807) is 18.2 Å². The first-order valence-corrected chi connectivity index (χ1v) is 6.68. The lowest BCUT2D eigenvalue weighted by atomic mass is 9.84. The fraction of sp³-hybridized carbons (Fsp3) is 0.357. The molecule has 0 spiro atoms. The van der Waals surface area contributed by atoms with Gasteiger partial charge in [-0.05, 0) is 30.5 Å². The molecule has 0 aliphatic carbocycles. The summed E-state index contributed by atoms with van der Waals surface area (Å²) in [5.74, 6) is 0. The predicted octanol–water partition coefficient (Wildman–Crippen LogP) is 0.884. The normalized spacial score (nSPS) is 17.9. The van der Waals surface area contributed by atoms with Crippen molar-refractivity contribution in [1.29, 1.82) is 0 Å². The second-order valence-electron chi connectivity index (χ2n) is 5.26. The van der Waals surface area contributed by atoms with Gasteiger partial charge in [0.05, 0.1) is 22.8 Å². The summed E-state index contributed by atoms with van der Waals surface area (Å²) >= 11 is 0. The third kappa shape index (κ3) is 2.36. The number of carboxylic acid groups (broad SMARTS) is 1. The molecule has 1 fully saturated rings. The first-order chi connectivity index (χ1) is 9.99. The smallest absolute Gasteiger partial charge is 0.407 e. The van der Waals surface area contributed by atoms with Gasteiger partial charge in [0.2, 0.25) is 0 Å². The highest BCUT2D eigenvalue weighted by atomic mass is 16.4. The van der Waals surface area contributed by atoms with Crippen molar-refractivity contribution in [2.75, 3.05) is 13.1 Å². The van der Waals surface area contributed by atoms with Crippen LogP contribution in [0.5, 0.6) is 0 Å². The molecule has 1 aromatic heterocycles. The molecule has 0 saturated carbocycles. The number of benzene rings is 1. The zero-order chi connectivity index (χ0) is 15.0. The van der Waals surface area contributed by atoms with E-state index in [2.05, 4.69) is 9.97 Å². The quantitative estimate of drug-likeness (QED) is 0.722. The average Bonchev–Trinajstić information content (AvgIpc) is 2.48. The van der Waals surface area contributed by atoms with E-state index in [0.29, 0.717) is 29.3 Å². The number of aromatic nitrogens is 2. The molecule has 1 aliphatic rings. The minimum atomic E-state index is -1.11. The van der Waals surface area contributed by atoms with E-state index in [0.717, 1.165) is 0 Å². The van der Waals surface area contributed by atoms with Gasteiger partial charge in [-0.2, -0.15) is 0 Å². The molecular weight excluding hydrogens is 274 g/mol. The highest BCUT2D eigenvalue weighted by Gasteiger charge is 2.35. The third-order valence-electron chi connectivity index (χ3n) is 4.04. The van der Waals surface area contributed by atoms with Crippen molar-refractivity contribution in [3.8, 4) is 0 Å². The molecule has 0 atom stereocenters. The highest BCUT2D eigenvalue weighted by molar-refractivity contribution is 5.78.